The number of nitro benzene ring substituents is 1. The lowest BCUT2D eigenvalue weighted by Crippen LogP contribution is -2.03. The maximum absolute atomic E-state index is 13.5. The summed E-state index contributed by atoms with van der Waals surface area (Å²) in [4.78, 5) is 10.5. The zero-order valence-corrected chi connectivity index (χ0v) is 13.0. The van der Waals surface area contributed by atoms with Gasteiger partial charge < -0.3 is 5.32 Å². The van der Waals surface area contributed by atoms with Gasteiger partial charge in [0.2, 0.25) is 0 Å². The fourth-order valence-electron chi connectivity index (χ4n) is 1.92. The van der Waals surface area contributed by atoms with Crippen molar-refractivity contribution in [2.75, 3.05) is 5.32 Å². The highest BCUT2D eigenvalue weighted by Crippen LogP contribution is 2.30. The Morgan fingerprint density at radius 2 is 1.86 bits per heavy atom. The molecule has 0 saturated carbocycles. The molecule has 110 valence electrons. The van der Waals surface area contributed by atoms with Crippen LogP contribution in [0.4, 0.5) is 15.8 Å². The van der Waals surface area contributed by atoms with Crippen LogP contribution in [0.3, 0.4) is 0 Å². The van der Waals surface area contributed by atoms with Gasteiger partial charge in [-0.05, 0) is 33.5 Å². The lowest BCUT2D eigenvalue weighted by Gasteiger charge is -2.09. The van der Waals surface area contributed by atoms with Crippen molar-refractivity contribution in [2.45, 2.75) is 19.9 Å². The number of nitrogens with one attached hydrogen (secondary N) is 1. The van der Waals surface area contributed by atoms with Crippen molar-refractivity contribution in [1.82, 2.24) is 0 Å². The molecule has 0 bridgehead atoms. The number of halogens is 2. The summed E-state index contributed by atoms with van der Waals surface area (Å²) >= 11 is 2.95. The molecule has 0 unspecified atom stereocenters. The molecule has 2 rings (SSSR count). The van der Waals surface area contributed by atoms with E-state index in [1.165, 1.54) is 5.56 Å². The van der Waals surface area contributed by atoms with Gasteiger partial charge >= 0.3 is 0 Å². The maximum Gasteiger partial charge on any atom is 0.293 e. The van der Waals surface area contributed by atoms with Crippen LogP contribution in [-0.4, -0.2) is 4.92 Å². The third-order valence-electron chi connectivity index (χ3n) is 3.15. The van der Waals surface area contributed by atoms with E-state index in [0.717, 1.165) is 24.1 Å². The van der Waals surface area contributed by atoms with Crippen LogP contribution in [-0.2, 0) is 13.0 Å². The number of nitro groups is 1. The van der Waals surface area contributed by atoms with Gasteiger partial charge in [-0.25, -0.2) is 4.39 Å². The quantitative estimate of drug-likeness (QED) is 0.628. The van der Waals surface area contributed by atoms with Crippen molar-refractivity contribution in [1.29, 1.82) is 0 Å². The van der Waals surface area contributed by atoms with E-state index in [1.807, 2.05) is 24.3 Å². The first kappa shape index (κ1) is 15.4. The van der Waals surface area contributed by atoms with Crippen LogP contribution in [0.15, 0.2) is 40.9 Å². The molecule has 0 aliphatic rings. The summed E-state index contributed by atoms with van der Waals surface area (Å²) < 4.78 is 13.6. The molecule has 0 saturated heterocycles. The zero-order valence-electron chi connectivity index (χ0n) is 11.4. The Hall–Kier alpha value is -1.95. The molecule has 2 aromatic rings. The molecule has 2 aromatic carbocycles. The first-order valence-corrected chi connectivity index (χ1v) is 7.25. The lowest BCUT2D eigenvalue weighted by molar-refractivity contribution is -0.384. The Kier molecular flexibility index (Phi) is 4.90. The van der Waals surface area contributed by atoms with E-state index in [-0.39, 0.29) is 15.8 Å². The molecular weight excluding hydrogens is 339 g/mol. The minimum atomic E-state index is -0.538. The molecule has 0 aromatic heterocycles. The van der Waals surface area contributed by atoms with Gasteiger partial charge in [0.15, 0.2) is 0 Å². The molecule has 0 radical (unpaired) electrons. The number of hydrogen-bond donors (Lipinski definition) is 1. The zero-order chi connectivity index (χ0) is 15.4. The van der Waals surface area contributed by atoms with E-state index in [2.05, 4.69) is 28.2 Å². The highest BCUT2D eigenvalue weighted by atomic mass is 79.9. The van der Waals surface area contributed by atoms with Gasteiger partial charge in [0.05, 0.1) is 9.40 Å². The highest BCUT2D eigenvalue weighted by Gasteiger charge is 2.17. The minimum absolute atomic E-state index is 0.0760. The van der Waals surface area contributed by atoms with Crippen molar-refractivity contribution < 1.29 is 9.31 Å². The second-order valence-corrected chi connectivity index (χ2v) is 5.42. The van der Waals surface area contributed by atoms with E-state index in [9.17, 15) is 14.5 Å². The Balaban J connectivity index is 2.18. The molecule has 6 heteroatoms. The Morgan fingerprint density at radius 3 is 2.43 bits per heavy atom. The molecule has 0 aliphatic carbocycles. The molecular formula is C15H14BrFN2O2. The molecule has 0 amide bonds. The highest BCUT2D eigenvalue weighted by molar-refractivity contribution is 9.10. The molecule has 4 nitrogen and oxygen atoms in total. The standard InChI is InChI=1S/C15H14BrFN2O2/c1-2-10-3-5-11(6-4-10)9-18-14-8-13(17)12(16)7-15(14)19(20)21/h3-8,18H,2,9H2,1H3. The van der Waals surface area contributed by atoms with Crippen molar-refractivity contribution >= 4 is 27.3 Å². The summed E-state index contributed by atoms with van der Waals surface area (Å²) in [5.41, 5.74) is 2.21. The Bertz CT molecular complexity index is 659. The number of benzene rings is 2. The van der Waals surface area contributed by atoms with E-state index < -0.39 is 10.7 Å². The summed E-state index contributed by atoms with van der Waals surface area (Å²) in [5.74, 6) is -0.538. The Morgan fingerprint density at radius 1 is 1.24 bits per heavy atom. The average Bonchev–Trinajstić information content (AvgIpc) is 2.48. The second kappa shape index (κ2) is 6.67. The van der Waals surface area contributed by atoms with Gasteiger partial charge in [-0.3, -0.25) is 10.1 Å². The third kappa shape index (κ3) is 3.78. The second-order valence-electron chi connectivity index (χ2n) is 4.56. The number of aryl methyl sites for hydroxylation is 1. The monoisotopic (exact) mass is 352 g/mol. The van der Waals surface area contributed by atoms with Gasteiger partial charge in [-0.15, -0.1) is 0 Å². The van der Waals surface area contributed by atoms with Gasteiger partial charge in [0.1, 0.15) is 11.5 Å². The number of nitrogens with zero attached hydrogens (tertiary/aromatic N) is 1. The summed E-state index contributed by atoms with van der Waals surface area (Å²) in [7, 11) is 0. The first-order valence-electron chi connectivity index (χ1n) is 6.46. The molecule has 1 N–H and O–H groups in total. The third-order valence-corrected chi connectivity index (χ3v) is 3.76. The summed E-state index contributed by atoms with van der Waals surface area (Å²) in [6.45, 7) is 2.47. The van der Waals surface area contributed by atoms with Crippen LogP contribution in [0.1, 0.15) is 18.1 Å². The molecule has 0 aliphatic heterocycles. The molecule has 0 spiro atoms. The summed E-state index contributed by atoms with van der Waals surface area (Å²) in [6.07, 6.45) is 0.955. The summed E-state index contributed by atoms with van der Waals surface area (Å²) in [5, 5.41) is 13.9. The van der Waals surface area contributed by atoms with Gasteiger partial charge in [0.25, 0.3) is 5.69 Å². The van der Waals surface area contributed by atoms with Crippen LogP contribution in [0.5, 0.6) is 0 Å². The fraction of sp³-hybridized carbons (Fsp3) is 0.200. The molecule has 0 heterocycles. The predicted molar refractivity (Wildman–Crippen MR) is 83.9 cm³/mol. The number of hydrogen-bond acceptors (Lipinski definition) is 3. The maximum atomic E-state index is 13.5. The van der Waals surface area contributed by atoms with Crippen molar-refractivity contribution in [3.63, 3.8) is 0 Å². The van der Waals surface area contributed by atoms with Crippen LogP contribution < -0.4 is 5.32 Å². The summed E-state index contributed by atoms with van der Waals surface area (Å²) in [6, 6.07) is 10.2. The lowest BCUT2D eigenvalue weighted by atomic mass is 10.1. The number of anilines is 1. The first-order chi connectivity index (χ1) is 10.0. The number of rotatable bonds is 5. The largest absolute Gasteiger partial charge is 0.375 e. The van der Waals surface area contributed by atoms with Gasteiger partial charge in [-0.2, -0.15) is 0 Å². The van der Waals surface area contributed by atoms with Crippen molar-refractivity contribution in [3.8, 4) is 0 Å². The Labute approximate surface area is 130 Å². The van der Waals surface area contributed by atoms with Crippen molar-refractivity contribution in [2.24, 2.45) is 0 Å². The SMILES string of the molecule is CCc1ccc(CNc2cc(F)c(Br)cc2[N+](=O)[O-])cc1. The fourth-order valence-corrected chi connectivity index (χ4v) is 2.25. The van der Waals surface area contributed by atoms with Gasteiger partial charge in [-0.1, -0.05) is 31.2 Å². The van der Waals surface area contributed by atoms with E-state index >= 15 is 0 Å². The predicted octanol–water partition coefficient (Wildman–Crippen LogP) is 4.67. The van der Waals surface area contributed by atoms with Crippen LogP contribution >= 0.6 is 15.9 Å². The van der Waals surface area contributed by atoms with E-state index in [4.69, 9.17) is 0 Å². The van der Waals surface area contributed by atoms with Crippen LogP contribution in [0, 0.1) is 15.9 Å². The van der Waals surface area contributed by atoms with Gasteiger partial charge in [0, 0.05) is 18.7 Å². The minimum Gasteiger partial charge on any atom is -0.375 e. The van der Waals surface area contributed by atoms with Crippen LogP contribution in [0.2, 0.25) is 0 Å². The average molecular weight is 353 g/mol. The van der Waals surface area contributed by atoms with E-state index in [1.54, 1.807) is 0 Å². The van der Waals surface area contributed by atoms with Crippen LogP contribution in [0.25, 0.3) is 0 Å². The van der Waals surface area contributed by atoms with E-state index in [0.29, 0.717) is 6.54 Å². The molecule has 0 atom stereocenters. The molecule has 0 fully saturated rings. The van der Waals surface area contributed by atoms with Crippen molar-refractivity contribution in [3.05, 3.63) is 67.9 Å². The topological polar surface area (TPSA) is 55.2 Å². The smallest absolute Gasteiger partial charge is 0.293 e. The normalized spacial score (nSPS) is 10.4. The molecule has 21 heavy (non-hydrogen) atoms.